The molecule has 0 aromatic carbocycles. The van der Waals surface area contributed by atoms with Crippen LogP contribution in [0.15, 0.2) is 0 Å². The predicted octanol–water partition coefficient (Wildman–Crippen LogP) is 3.13. The Balaban J connectivity index is 1.95. The average Bonchev–Trinajstić information content (AvgIpc) is 2.29. The zero-order valence-electron chi connectivity index (χ0n) is 12.2. The summed E-state index contributed by atoms with van der Waals surface area (Å²) in [6, 6.07) is 0. The molecule has 0 saturated heterocycles. The highest BCUT2D eigenvalue weighted by atomic mass is 15.1. The molecule has 0 aromatic heterocycles. The highest BCUT2D eigenvalue weighted by Gasteiger charge is 2.14. The van der Waals surface area contributed by atoms with Crippen LogP contribution in [0.1, 0.15) is 52.4 Å². The Morgan fingerprint density at radius 3 is 2.53 bits per heavy atom. The first-order chi connectivity index (χ1) is 8.18. The molecule has 0 aromatic rings. The van der Waals surface area contributed by atoms with Crippen LogP contribution in [0, 0.1) is 11.8 Å². The predicted molar refractivity (Wildman–Crippen MR) is 76.4 cm³/mol. The van der Waals surface area contributed by atoms with Crippen LogP contribution >= 0.6 is 0 Å². The van der Waals surface area contributed by atoms with Crippen LogP contribution in [0.2, 0.25) is 0 Å². The molecule has 1 aliphatic rings. The normalized spacial score (nSPS) is 18.2. The van der Waals surface area contributed by atoms with Crippen LogP contribution in [-0.4, -0.2) is 38.1 Å². The summed E-state index contributed by atoms with van der Waals surface area (Å²) in [5, 5.41) is 3.52. The van der Waals surface area contributed by atoms with Crippen LogP contribution in [0.5, 0.6) is 0 Å². The highest BCUT2D eigenvalue weighted by molar-refractivity contribution is 4.69. The third-order valence-electron chi connectivity index (χ3n) is 3.74. The summed E-state index contributed by atoms with van der Waals surface area (Å²) in [5.74, 6) is 1.76. The maximum atomic E-state index is 3.52. The minimum absolute atomic E-state index is 0.773. The molecule has 102 valence electrons. The second kappa shape index (κ2) is 8.93. The number of nitrogens with one attached hydrogen (secondary N) is 1. The van der Waals surface area contributed by atoms with Crippen molar-refractivity contribution in [2.45, 2.75) is 52.4 Å². The quantitative estimate of drug-likeness (QED) is 0.656. The molecule has 0 atom stereocenters. The van der Waals surface area contributed by atoms with E-state index >= 15 is 0 Å². The van der Waals surface area contributed by atoms with E-state index in [1.54, 1.807) is 0 Å². The van der Waals surface area contributed by atoms with Crippen LogP contribution in [0.4, 0.5) is 0 Å². The molecule has 0 bridgehead atoms. The van der Waals surface area contributed by atoms with Gasteiger partial charge in [0.25, 0.3) is 0 Å². The van der Waals surface area contributed by atoms with Crippen molar-refractivity contribution in [3.05, 3.63) is 0 Å². The van der Waals surface area contributed by atoms with Crippen molar-refractivity contribution in [3.63, 3.8) is 0 Å². The highest BCUT2D eigenvalue weighted by Crippen LogP contribution is 2.23. The van der Waals surface area contributed by atoms with Gasteiger partial charge in [-0.1, -0.05) is 33.1 Å². The number of nitrogens with zero attached hydrogens (tertiary/aromatic N) is 1. The maximum Gasteiger partial charge on any atom is 0.000661 e. The fourth-order valence-electron chi connectivity index (χ4n) is 2.77. The van der Waals surface area contributed by atoms with Crippen molar-refractivity contribution < 1.29 is 0 Å². The van der Waals surface area contributed by atoms with Gasteiger partial charge in [-0.15, -0.1) is 0 Å². The van der Waals surface area contributed by atoms with Gasteiger partial charge in [-0.25, -0.2) is 0 Å². The molecule has 1 fully saturated rings. The van der Waals surface area contributed by atoms with Gasteiger partial charge in [0.15, 0.2) is 0 Å². The van der Waals surface area contributed by atoms with Crippen molar-refractivity contribution in [2.24, 2.45) is 11.8 Å². The molecule has 2 heteroatoms. The first-order valence-corrected chi connectivity index (χ1v) is 7.57. The Morgan fingerprint density at radius 2 is 1.88 bits per heavy atom. The Bertz CT molecular complexity index is 174. The van der Waals surface area contributed by atoms with Gasteiger partial charge in [0, 0.05) is 6.54 Å². The largest absolute Gasteiger partial charge is 0.316 e. The van der Waals surface area contributed by atoms with Gasteiger partial charge < -0.3 is 10.2 Å². The van der Waals surface area contributed by atoms with Crippen molar-refractivity contribution in [3.8, 4) is 0 Å². The van der Waals surface area contributed by atoms with Gasteiger partial charge in [0.05, 0.1) is 0 Å². The van der Waals surface area contributed by atoms with Gasteiger partial charge in [-0.2, -0.15) is 0 Å². The van der Waals surface area contributed by atoms with E-state index in [1.807, 2.05) is 0 Å². The Labute approximate surface area is 108 Å². The average molecular weight is 240 g/mol. The Kier molecular flexibility index (Phi) is 7.87. The van der Waals surface area contributed by atoms with E-state index in [0.29, 0.717) is 0 Å². The van der Waals surface area contributed by atoms with E-state index in [1.165, 1.54) is 58.2 Å². The van der Waals surface area contributed by atoms with E-state index in [-0.39, 0.29) is 0 Å². The molecule has 1 rings (SSSR count). The topological polar surface area (TPSA) is 15.3 Å². The third-order valence-corrected chi connectivity index (χ3v) is 3.74. The second-order valence-corrected chi connectivity index (χ2v) is 6.22. The molecule has 2 nitrogen and oxygen atoms in total. The molecule has 17 heavy (non-hydrogen) atoms. The molecule has 1 N–H and O–H groups in total. The molecule has 1 saturated carbocycles. The van der Waals surface area contributed by atoms with Gasteiger partial charge in [0.2, 0.25) is 0 Å². The molecular weight excluding hydrogens is 208 g/mol. The summed E-state index contributed by atoms with van der Waals surface area (Å²) in [4.78, 5) is 2.53. The van der Waals surface area contributed by atoms with Gasteiger partial charge in [0.1, 0.15) is 0 Å². The number of rotatable bonds is 8. The molecule has 0 heterocycles. The van der Waals surface area contributed by atoms with E-state index in [0.717, 1.165) is 18.4 Å². The zero-order chi connectivity index (χ0) is 12.5. The van der Waals surface area contributed by atoms with Crippen LogP contribution in [0.3, 0.4) is 0 Å². The van der Waals surface area contributed by atoms with Crippen molar-refractivity contribution in [2.75, 3.05) is 33.2 Å². The molecule has 0 radical (unpaired) electrons. The van der Waals surface area contributed by atoms with Crippen molar-refractivity contribution in [1.82, 2.24) is 10.2 Å². The lowest BCUT2D eigenvalue weighted by Gasteiger charge is -2.27. The summed E-state index contributed by atoms with van der Waals surface area (Å²) in [5.41, 5.74) is 0. The zero-order valence-corrected chi connectivity index (χ0v) is 12.2. The monoisotopic (exact) mass is 240 g/mol. The summed E-state index contributed by atoms with van der Waals surface area (Å²) < 4.78 is 0. The lowest BCUT2D eigenvalue weighted by atomic mass is 9.89. The van der Waals surface area contributed by atoms with E-state index in [9.17, 15) is 0 Å². The minimum atomic E-state index is 0.773. The van der Waals surface area contributed by atoms with Gasteiger partial charge in [-0.05, 0) is 57.8 Å². The fourth-order valence-corrected chi connectivity index (χ4v) is 2.77. The smallest absolute Gasteiger partial charge is 0.000661 e. The van der Waals surface area contributed by atoms with E-state index < -0.39 is 0 Å². The van der Waals surface area contributed by atoms with Gasteiger partial charge in [-0.3, -0.25) is 0 Å². The summed E-state index contributed by atoms with van der Waals surface area (Å²) in [6.07, 6.45) is 8.63. The lowest BCUT2D eigenvalue weighted by Crippen LogP contribution is -2.30. The number of hydrogen-bond donors (Lipinski definition) is 1. The minimum Gasteiger partial charge on any atom is -0.316 e. The van der Waals surface area contributed by atoms with Crippen molar-refractivity contribution >= 4 is 0 Å². The third kappa shape index (κ3) is 7.77. The standard InChI is InChI=1S/C15H32N2/c1-14(2)12-16-10-7-11-17(3)13-15-8-5-4-6-9-15/h14-16H,4-13H2,1-3H3. The molecule has 0 aliphatic heterocycles. The van der Waals surface area contributed by atoms with Crippen LogP contribution < -0.4 is 5.32 Å². The summed E-state index contributed by atoms with van der Waals surface area (Å²) in [6.45, 7) is 9.44. The number of hydrogen-bond acceptors (Lipinski definition) is 2. The molecule has 0 unspecified atom stereocenters. The lowest BCUT2D eigenvalue weighted by molar-refractivity contribution is 0.231. The molecule has 0 spiro atoms. The van der Waals surface area contributed by atoms with Crippen LogP contribution in [0.25, 0.3) is 0 Å². The first kappa shape index (κ1) is 15.0. The molecule has 0 amide bonds. The summed E-state index contributed by atoms with van der Waals surface area (Å²) in [7, 11) is 2.29. The maximum absolute atomic E-state index is 3.52. The molecule has 1 aliphatic carbocycles. The van der Waals surface area contributed by atoms with Crippen LogP contribution in [-0.2, 0) is 0 Å². The Morgan fingerprint density at radius 1 is 1.18 bits per heavy atom. The SMILES string of the molecule is CC(C)CNCCCN(C)CC1CCCCC1. The second-order valence-electron chi connectivity index (χ2n) is 6.22. The van der Waals surface area contributed by atoms with Crippen molar-refractivity contribution in [1.29, 1.82) is 0 Å². The van der Waals surface area contributed by atoms with E-state index in [4.69, 9.17) is 0 Å². The van der Waals surface area contributed by atoms with E-state index in [2.05, 4.69) is 31.1 Å². The van der Waals surface area contributed by atoms with Gasteiger partial charge >= 0.3 is 0 Å². The first-order valence-electron chi connectivity index (χ1n) is 7.57. The Hall–Kier alpha value is -0.0800. The fraction of sp³-hybridized carbons (Fsp3) is 1.00. The molecular formula is C15H32N2. The summed E-state index contributed by atoms with van der Waals surface area (Å²) >= 11 is 0.